The molecule has 114 valence electrons. The quantitative estimate of drug-likeness (QED) is 0.917. The average molecular weight is 321 g/mol. The normalized spacial score (nSPS) is 23.7. The van der Waals surface area contributed by atoms with Crippen molar-refractivity contribution >= 4 is 21.4 Å². The molecule has 5 nitrogen and oxygen atoms in total. The van der Waals surface area contributed by atoms with E-state index >= 15 is 0 Å². The summed E-state index contributed by atoms with van der Waals surface area (Å²) >= 11 is 6.20. The van der Waals surface area contributed by atoms with Gasteiger partial charge in [0.1, 0.15) is 0 Å². The molecule has 2 unspecified atom stereocenters. The van der Waals surface area contributed by atoms with E-state index in [1.807, 2.05) is 13.8 Å². The number of aryl methyl sites for hydroxylation is 2. The minimum absolute atomic E-state index is 0.175. The number of halogens is 1. The zero-order chi connectivity index (χ0) is 14.9. The van der Waals surface area contributed by atoms with Crippen LogP contribution in [-0.4, -0.2) is 40.4 Å². The second kappa shape index (κ2) is 6.03. The Bertz CT molecular complexity index is 583. The molecular weight excluding hydrogens is 300 g/mol. The highest BCUT2D eigenvalue weighted by Crippen LogP contribution is 2.27. The Morgan fingerprint density at radius 3 is 2.80 bits per heavy atom. The highest BCUT2D eigenvalue weighted by Gasteiger charge is 2.35. The van der Waals surface area contributed by atoms with E-state index in [-0.39, 0.29) is 12.2 Å². The van der Waals surface area contributed by atoms with E-state index in [4.69, 9.17) is 11.6 Å². The van der Waals surface area contributed by atoms with Crippen LogP contribution in [0.1, 0.15) is 37.6 Å². The Kier molecular flexibility index (Phi) is 4.76. The lowest BCUT2D eigenvalue weighted by Gasteiger charge is -2.26. The first-order valence-corrected chi connectivity index (χ1v) is 9.07. The van der Waals surface area contributed by atoms with Gasteiger partial charge >= 0.3 is 0 Å². The Morgan fingerprint density at radius 1 is 1.50 bits per heavy atom. The van der Waals surface area contributed by atoms with Gasteiger partial charge in [-0.2, -0.15) is 5.10 Å². The van der Waals surface area contributed by atoms with Gasteiger partial charge in [0.05, 0.1) is 33.5 Å². The Morgan fingerprint density at radius 2 is 2.20 bits per heavy atom. The predicted octanol–water partition coefficient (Wildman–Crippen LogP) is 1.74. The maximum Gasteiger partial charge on any atom is 0.155 e. The SMILES string of the molecule is CCn1nc(C)c(Cl)c1CC(O)C1CCCCS1(=O)=O. The summed E-state index contributed by atoms with van der Waals surface area (Å²) in [5, 5.41) is 14.5. The average Bonchev–Trinajstić information content (AvgIpc) is 2.65. The second-order valence-corrected chi connectivity index (χ2v) is 8.05. The van der Waals surface area contributed by atoms with E-state index in [9.17, 15) is 13.5 Å². The van der Waals surface area contributed by atoms with Crippen molar-refractivity contribution in [1.82, 2.24) is 9.78 Å². The van der Waals surface area contributed by atoms with Gasteiger partial charge in [-0.15, -0.1) is 0 Å². The zero-order valence-electron chi connectivity index (χ0n) is 11.8. The molecule has 2 heterocycles. The van der Waals surface area contributed by atoms with Crippen molar-refractivity contribution in [3.05, 3.63) is 16.4 Å². The Labute approximate surface area is 124 Å². The lowest BCUT2D eigenvalue weighted by Crippen LogP contribution is -2.40. The summed E-state index contributed by atoms with van der Waals surface area (Å²) in [6.07, 6.45) is 1.39. The van der Waals surface area contributed by atoms with Gasteiger partial charge in [0.2, 0.25) is 0 Å². The standard InChI is InChI=1S/C13H21ClN2O3S/c1-3-16-10(13(14)9(2)15-16)8-11(17)12-6-4-5-7-20(12,18)19/h11-12,17H,3-8H2,1-2H3. The molecule has 1 aliphatic heterocycles. The fourth-order valence-electron chi connectivity index (χ4n) is 2.80. The van der Waals surface area contributed by atoms with Gasteiger partial charge < -0.3 is 5.11 Å². The van der Waals surface area contributed by atoms with Crippen LogP contribution >= 0.6 is 11.6 Å². The minimum atomic E-state index is -3.19. The fourth-order valence-corrected chi connectivity index (χ4v) is 5.03. The molecule has 7 heteroatoms. The smallest absolute Gasteiger partial charge is 0.155 e. The van der Waals surface area contributed by atoms with Crippen molar-refractivity contribution in [2.24, 2.45) is 0 Å². The molecule has 1 aromatic heterocycles. The number of aliphatic hydroxyl groups is 1. The first kappa shape index (κ1) is 15.8. The largest absolute Gasteiger partial charge is 0.391 e. The highest BCUT2D eigenvalue weighted by molar-refractivity contribution is 7.92. The molecule has 2 atom stereocenters. The number of nitrogens with zero attached hydrogens (tertiary/aromatic N) is 2. The lowest BCUT2D eigenvalue weighted by molar-refractivity contribution is 0.159. The summed E-state index contributed by atoms with van der Waals surface area (Å²) in [4.78, 5) is 0. The molecule has 2 rings (SSSR count). The van der Waals surface area contributed by atoms with Gasteiger partial charge in [-0.25, -0.2) is 8.42 Å². The van der Waals surface area contributed by atoms with Crippen LogP contribution in [0.3, 0.4) is 0 Å². The Balaban J connectivity index is 2.21. The van der Waals surface area contributed by atoms with Crippen LogP contribution in [0, 0.1) is 6.92 Å². The van der Waals surface area contributed by atoms with E-state index in [1.54, 1.807) is 4.68 Å². The maximum atomic E-state index is 12.0. The Hall–Kier alpha value is -0.590. The van der Waals surface area contributed by atoms with Crippen LogP contribution in [0.5, 0.6) is 0 Å². The van der Waals surface area contributed by atoms with Crippen molar-refractivity contribution in [2.45, 2.75) is 57.4 Å². The molecule has 1 aromatic rings. The van der Waals surface area contributed by atoms with Gasteiger partial charge in [-0.1, -0.05) is 18.0 Å². The van der Waals surface area contributed by atoms with Crippen LogP contribution in [0.15, 0.2) is 0 Å². The fraction of sp³-hybridized carbons (Fsp3) is 0.769. The molecule has 0 bridgehead atoms. The van der Waals surface area contributed by atoms with Gasteiger partial charge in [0.25, 0.3) is 0 Å². The van der Waals surface area contributed by atoms with Crippen molar-refractivity contribution < 1.29 is 13.5 Å². The van der Waals surface area contributed by atoms with Crippen molar-refractivity contribution in [3.8, 4) is 0 Å². The van der Waals surface area contributed by atoms with Gasteiger partial charge in [0.15, 0.2) is 9.84 Å². The van der Waals surface area contributed by atoms with Crippen LogP contribution in [0.2, 0.25) is 5.02 Å². The summed E-state index contributed by atoms with van der Waals surface area (Å²) in [6, 6.07) is 0. The molecule has 1 saturated heterocycles. The van der Waals surface area contributed by atoms with Crippen molar-refractivity contribution in [2.75, 3.05) is 5.75 Å². The number of hydrogen-bond donors (Lipinski definition) is 1. The molecule has 0 aliphatic carbocycles. The number of aliphatic hydroxyl groups excluding tert-OH is 1. The van der Waals surface area contributed by atoms with E-state index in [1.165, 1.54) is 0 Å². The molecule has 1 fully saturated rings. The minimum Gasteiger partial charge on any atom is -0.391 e. The number of aromatic nitrogens is 2. The third kappa shape index (κ3) is 3.02. The molecule has 0 radical (unpaired) electrons. The molecule has 20 heavy (non-hydrogen) atoms. The summed E-state index contributed by atoms with van der Waals surface area (Å²) < 4.78 is 25.8. The third-order valence-electron chi connectivity index (χ3n) is 3.91. The predicted molar refractivity (Wildman–Crippen MR) is 78.8 cm³/mol. The number of hydrogen-bond acceptors (Lipinski definition) is 4. The summed E-state index contributed by atoms with van der Waals surface area (Å²) in [5.74, 6) is 0.175. The zero-order valence-corrected chi connectivity index (χ0v) is 13.4. The summed E-state index contributed by atoms with van der Waals surface area (Å²) in [5.41, 5.74) is 1.43. The molecular formula is C13H21ClN2O3S. The molecule has 0 spiro atoms. The molecule has 1 aliphatic rings. The van der Waals surface area contributed by atoms with Crippen LogP contribution in [0.25, 0.3) is 0 Å². The van der Waals surface area contributed by atoms with E-state index in [0.717, 1.165) is 12.1 Å². The van der Waals surface area contributed by atoms with Crippen molar-refractivity contribution in [1.29, 1.82) is 0 Å². The number of rotatable bonds is 4. The molecule has 0 saturated carbocycles. The monoisotopic (exact) mass is 320 g/mol. The number of sulfone groups is 1. The van der Waals surface area contributed by atoms with E-state index in [0.29, 0.717) is 30.1 Å². The van der Waals surface area contributed by atoms with Gasteiger partial charge in [0, 0.05) is 13.0 Å². The highest BCUT2D eigenvalue weighted by atomic mass is 35.5. The molecule has 0 amide bonds. The summed E-state index contributed by atoms with van der Waals surface area (Å²) in [6.45, 7) is 4.39. The van der Waals surface area contributed by atoms with E-state index < -0.39 is 21.2 Å². The lowest BCUT2D eigenvalue weighted by atomic mass is 10.0. The van der Waals surface area contributed by atoms with Crippen molar-refractivity contribution in [3.63, 3.8) is 0 Å². The third-order valence-corrected chi connectivity index (χ3v) is 6.74. The van der Waals surface area contributed by atoms with Crippen LogP contribution < -0.4 is 0 Å². The van der Waals surface area contributed by atoms with Gasteiger partial charge in [-0.3, -0.25) is 4.68 Å². The first-order valence-electron chi connectivity index (χ1n) is 6.98. The van der Waals surface area contributed by atoms with Crippen LogP contribution in [-0.2, 0) is 22.8 Å². The first-order chi connectivity index (χ1) is 9.36. The molecule has 1 N–H and O–H groups in total. The maximum absolute atomic E-state index is 12.0. The van der Waals surface area contributed by atoms with Crippen LogP contribution in [0.4, 0.5) is 0 Å². The topological polar surface area (TPSA) is 72.2 Å². The van der Waals surface area contributed by atoms with E-state index in [2.05, 4.69) is 5.10 Å². The molecule has 0 aromatic carbocycles. The second-order valence-electron chi connectivity index (χ2n) is 5.33. The summed E-state index contributed by atoms with van der Waals surface area (Å²) in [7, 11) is -3.19. The van der Waals surface area contributed by atoms with Gasteiger partial charge in [-0.05, 0) is 26.7 Å².